The summed E-state index contributed by atoms with van der Waals surface area (Å²) >= 11 is 12.4. The second-order valence-electron chi connectivity index (χ2n) is 10.1. The van der Waals surface area contributed by atoms with Crippen molar-refractivity contribution >= 4 is 50.7 Å². The number of sulfonamides is 1. The van der Waals surface area contributed by atoms with E-state index in [1.54, 1.807) is 36.4 Å². The number of carbonyl (C=O) groups is 2. The molecule has 0 heterocycles. The number of nitrogens with zero attached hydrogens (tertiary/aromatic N) is 2. The molecule has 0 aliphatic heterocycles. The summed E-state index contributed by atoms with van der Waals surface area (Å²) in [6.07, 6.45) is 1.06. The maximum atomic E-state index is 14.2. The minimum atomic E-state index is -4.14. The first kappa shape index (κ1) is 32.4. The van der Waals surface area contributed by atoms with Crippen molar-refractivity contribution in [3.63, 3.8) is 0 Å². The van der Waals surface area contributed by atoms with E-state index >= 15 is 0 Å². The normalized spacial score (nSPS) is 12.1. The van der Waals surface area contributed by atoms with E-state index < -0.39 is 28.5 Å². The maximum Gasteiger partial charge on any atom is 0.264 e. The van der Waals surface area contributed by atoms with Gasteiger partial charge in [-0.2, -0.15) is 0 Å². The number of rotatable bonds is 12. The van der Waals surface area contributed by atoms with Gasteiger partial charge in [0.05, 0.1) is 20.6 Å². The zero-order valence-corrected chi connectivity index (χ0v) is 26.4. The first-order chi connectivity index (χ1) is 19.4. The van der Waals surface area contributed by atoms with Crippen LogP contribution in [-0.2, 0) is 26.2 Å². The Labute approximate surface area is 253 Å². The largest absolute Gasteiger partial charge is 0.354 e. The smallest absolute Gasteiger partial charge is 0.264 e. The molecule has 0 aromatic heterocycles. The van der Waals surface area contributed by atoms with Gasteiger partial charge in [0, 0.05) is 13.1 Å². The standard InChI is InChI=1S/C31H37Cl2N3O4S/c1-6-16-34-31(38)28(7-2)35(19-24-11-14-26(32)27(33)18-24)30(37)20-36(29-15-10-22(4)17-23(29)5)41(39,40)25-12-8-21(3)9-13-25/h8-15,17-18,28H,6-7,16,19-20H2,1-5H3,(H,34,38). The van der Waals surface area contributed by atoms with Crippen LogP contribution in [0.25, 0.3) is 0 Å². The van der Waals surface area contributed by atoms with Crippen molar-refractivity contribution in [2.45, 2.75) is 64.9 Å². The topological polar surface area (TPSA) is 86.8 Å². The number of aryl methyl sites for hydroxylation is 3. The Morgan fingerprint density at radius 3 is 2.12 bits per heavy atom. The highest BCUT2D eigenvalue weighted by atomic mass is 35.5. The predicted octanol–water partition coefficient (Wildman–Crippen LogP) is 6.45. The highest BCUT2D eigenvalue weighted by Gasteiger charge is 2.34. The van der Waals surface area contributed by atoms with Crippen LogP contribution >= 0.6 is 23.2 Å². The molecule has 3 aromatic rings. The molecule has 0 spiro atoms. The summed E-state index contributed by atoms with van der Waals surface area (Å²) in [6, 6.07) is 16.1. The van der Waals surface area contributed by atoms with Crippen LogP contribution in [0.2, 0.25) is 10.0 Å². The molecule has 0 saturated heterocycles. The fourth-order valence-corrected chi connectivity index (χ4v) is 6.36. The first-order valence-electron chi connectivity index (χ1n) is 13.6. The zero-order valence-electron chi connectivity index (χ0n) is 24.1. The van der Waals surface area contributed by atoms with Gasteiger partial charge in [0.2, 0.25) is 11.8 Å². The van der Waals surface area contributed by atoms with Gasteiger partial charge in [0.1, 0.15) is 12.6 Å². The van der Waals surface area contributed by atoms with Crippen molar-refractivity contribution in [1.82, 2.24) is 10.2 Å². The number of benzene rings is 3. The Morgan fingerprint density at radius 2 is 1.54 bits per heavy atom. The van der Waals surface area contributed by atoms with Gasteiger partial charge in [0.25, 0.3) is 10.0 Å². The van der Waals surface area contributed by atoms with Crippen molar-refractivity contribution in [1.29, 1.82) is 0 Å². The Balaban J connectivity index is 2.10. The van der Waals surface area contributed by atoms with Gasteiger partial charge >= 0.3 is 0 Å². The number of hydrogen-bond donors (Lipinski definition) is 1. The third-order valence-corrected chi connectivity index (χ3v) is 9.29. The van der Waals surface area contributed by atoms with E-state index in [1.165, 1.54) is 17.0 Å². The van der Waals surface area contributed by atoms with E-state index in [0.29, 0.717) is 39.8 Å². The molecule has 3 rings (SSSR count). The number of amides is 2. The second-order valence-corrected chi connectivity index (χ2v) is 12.8. The molecular weight excluding hydrogens is 581 g/mol. The quantitative estimate of drug-likeness (QED) is 0.253. The van der Waals surface area contributed by atoms with Crippen LogP contribution in [0.4, 0.5) is 5.69 Å². The van der Waals surface area contributed by atoms with E-state index in [-0.39, 0.29) is 17.3 Å². The molecule has 3 aromatic carbocycles. The summed E-state index contributed by atoms with van der Waals surface area (Å²) in [6.45, 7) is 9.36. The lowest BCUT2D eigenvalue weighted by Gasteiger charge is -2.33. The average Bonchev–Trinajstić information content (AvgIpc) is 2.92. The van der Waals surface area contributed by atoms with Crippen LogP contribution in [0.15, 0.2) is 65.6 Å². The van der Waals surface area contributed by atoms with Gasteiger partial charge in [-0.3, -0.25) is 13.9 Å². The van der Waals surface area contributed by atoms with E-state index in [1.807, 2.05) is 46.8 Å². The number of anilines is 1. The molecule has 0 radical (unpaired) electrons. The molecule has 220 valence electrons. The lowest BCUT2D eigenvalue weighted by atomic mass is 10.1. The molecule has 41 heavy (non-hydrogen) atoms. The number of hydrogen-bond acceptors (Lipinski definition) is 4. The van der Waals surface area contributed by atoms with Gasteiger partial charge in [-0.1, -0.05) is 78.5 Å². The van der Waals surface area contributed by atoms with Crippen molar-refractivity contribution in [2.75, 3.05) is 17.4 Å². The summed E-state index contributed by atoms with van der Waals surface area (Å²) in [4.78, 5) is 28.8. The van der Waals surface area contributed by atoms with Crippen molar-refractivity contribution in [3.8, 4) is 0 Å². The van der Waals surface area contributed by atoms with Gasteiger partial charge < -0.3 is 10.2 Å². The van der Waals surface area contributed by atoms with Crippen LogP contribution in [0.3, 0.4) is 0 Å². The summed E-state index contributed by atoms with van der Waals surface area (Å²) < 4.78 is 29.2. The van der Waals surface area contributed by atoms with Gasteiger partial charge in [-0.25, -0.2) is 8.42 Å². The third-order valence-electron chi connectivity index (χ3n) is 6.78. The summed E-state index contributed by atoms with van der Waals surface area (Å²) in [7, 11) is -4.14. The van der Waals surface area contributed by atoms with E-state index in [0.717, 1.165) is 21.9 Å². The van der Waals surface area contributed by atoms with Crippen LogP contribution in [0.1, 0.15) is 48.9 Å². The Morgan fingerprint density at radius 1 is 0.878 bits per heavy atom. The average molecular weight is 619 g/mol. The van der Waals surface area contributed by atoms with Crippen molar-refractivity contribution in [3.05, 3.63) is 93.0 Å². The number of carbonyl (C=O) groups excluding carboxylic acids is 2. The fraction of sp³-hybridized carbons (Fsp3) is 0.355. The molecule has 1 atom stereocenters. The fourth-order valence-electron chi connectivity index (χ4n) is 4.56. The molecule has 0 saturated carbocycles. The highest BCUT2D eigenvalue weighted by molar-refractivity contribution is 7.92. The lowest BCUT2D eigenvalue weighted by molar-refractivity contribution is -0.140. The molecule has 0 aliphatic carbocycles. The van der Waals surface area contributed by atoms with Gasteiger partial charge in [-0.05, 0) is 75.1 Å². The van der Waals surface area contributed by atoms with Crippen LogP contribution in [0.5, 0.6) is 0 Å². The minimum absolute atomic E-state index is 0.0407. The predicted molar refractivity (Wildman–Crippen MR) is 166 cm³/mol. The molecule has 7 nitrogen and oxygen atoms in total. The monoisotopic (exact) mass is 617 g/mol. The maximum absolute atomic E-state index is 14.2. The Bertz CT molecular complexity index is 1490. The van der Waals surface area contributed by atoms with Crippen LogP contribution in [-0.4, -0.2) is 44.3 Å². The number of nitrogens with one attached hydrogen (secondary N) is 1. The van der Waals surface area contributed by atoms with E-state index in [4.69, 9.17) is 23.2 Å². The molecule has 0 bridgehead atoms. The summed E-state index contributed by atoms with van der Waals surface area (Å²) in [5.74, 6) is -0.826. The lowest BCUT2D eigenvalue weighted by Crippen LogP contribution is -2.52. The summed E-state index contributed by atoms with van der Waals surface area (Å²) in [5.41, 5.74) is 3.63. The van der Waals surface area contributed by atoms with E-state index in [9.17, 15) is 18.0 Å². The molecule has 2 amide bonds. The first-order valence-corrected chi connectivity index (χ1v) is 15.8. The third kappa shape index (κ3) is 8.03. The minimum Gasteiger partial charge on any atom is -0.354 e. The van der Waals surface area contributed by atoms with E-state index in [2.05, 4.69) is 5.32 Å². The van der Waals surface area contributed by atoms with Gasteiger partial charge in [-0.15, -0.1) is 0 Å². The molecule has 0 fully saturated rings. The Hall–Kier alpha value is -3.07. The highest BCUT2D eigenvalue weighted by Crippen LogP contribution is 2.29. The molecule has 1 unspecified atom stereocenters. The van der Waals surface area contributed by atoms with Crippen molar-refractivity contribution < 1.29 is 18.0 Å². The van der Waals surface area contributed by atoms with Crippen LogP contribution < -0.4 is 9.62 Å². The molecule has 10 heteroatoms. The van der Waals surface area contributed by atoms with Gasteiger partial charge in [0.15, 0.2) is 0 Å². The second kappa shape index (κ2) is 14.2. The zero-order chi connectivity index (χ0) is 30.3. The Kier molecular flexibility index (Phi) is 11.2. The van der Waals surface area contributed by atoms with Crippen LogP contribution in [0, 0.1) is 20.8 Å². The molecular formula is C31H37Cl2N3O4S. The molecule has 1 N–H and O–H groups in total. The summed E-state index contributed by atoms with van der Waals surface area (Å²) in [5, 5.41) is 3.56. The SMILES string of the molecule is CCCNC(=O)C(CC)N(Cc1ccc(Cl)c(Cl)c1)C(=O)CN(c1ccc(C)cc1C)S(=O)(=O)c1ccc(C)cc1. The number of halogens is 2. The molecule has 0 aliphatic rings. The van der Waals surface area contributed by atoms with Crippen molar-refractivity contribution in [2.24, 2.45) is 0 Å².